The largest absolute Gasteiger partial charge is 0.419 e. The minimum absolute atomic E-state index is 0.552. The lowest BCUT2D eigenvalue weighted by Crippen LogP contribution is -2.40. The molecule has 112 valence electrons. The van der Waals surface area contributed by atoms with Crippen LogP contribution in [-0.4, -0.2) is 34.2 Å². The van der Waals surface area contributed by atoms with Crippen LogP contribution in [0, 0.1) is 0 Å². The van der Waals surface area contributed by atoms with E-state index in [1.807, 2.05) is 30.3 Å². The predicted molar refractivity (Wildman–Crippen MR) is 81.5 cm³/mol. The molecule has 5 heteroatoms. The van der Waals surface area contributed by atoms with Gasteiger partial charge in [0.1, 0.15) is 0 Å². The van der Waals surface area contributed by atoms with Gasteiger partial charge in [-0.25, -0.2) is 0 Å². The van der Waals surface area contributed by atoms with E-state index in [1.165, 1.54) is 19.3 Å². The molecule has 1 atom stereocenters. The van der Waals surface area contributed by atoms with Crippen molar-refractivity contribution in [2.75, 3.05) is 13.1 Å². The van der Waals surface area contributed by atoms with Gasteiger partial charge in [-0.1, -0.05) is 24.6 Å². The smallest absolute Gasteiger partial charge is 0.247 e. The summed E-state index contributed by atoms with van der Waals surface area (Å²) in [6.45, 7) is 2.55. The lowest BCUT2D eigenvalue weighted by atomic mass is 9.99. The summed E-state index contributed by atoms with van der Waals surface area (Å²) in [4.78, 5) is 2.43. The van der Waals surface area contributed by atoms with Crippen molar-refractivity contribution in [1.29, 1.82) is 0 Å². The summed E-state index contributed by atoms with van der Waals surface area (Å²) < 4.78 is 5.80. The van der Waals surface area contributed by atoms with Crippen LogP contribution in [0.15, 0.2) is 34.7 Å². The molecule has 0 bridgehead atoms. The van der Waals surface area contributed by atoms with Gasteiger partial charge in [-0.3, -0.25) is 4.90 Å². The Kier molecular flexibility index (Phi) is 4.62. The highest BCUT2D eigenvalue weighted by Gasteiger charge is 2.23. The number of piperidine rings is 1. The molecule has 1 unspecified atom stereocenters. The van der Waals surface area contributed by atoms with Crippen molar-refractivity contribution < 1.29 is 4.42 Å². The van der Waals surface area contributed by atoms with Crippen LogP contribution in [0.4, 0.5) is 0 Å². The van der Waals surface area contributed by atoms with Gasteiger partial charge < -0.3 is 10.2 Å². The third kappa shape index (κ3) is 3.49. The Bertz CT molecular complexity index is 552. The number of nitrogens with two attached hydrogens (primary N) is 1. The fourth-order valence-corrected chi connectivity index (χ4v) is 2.98. The molecule has 5 nitrogen and oxygen atoms in total. The zero-order valence-electron chi connectivity index (χ0n) is 12.2. The summed E-state index contributed by atoms with van der Waals surface area (Å²) in [7, 11) is 0. The highest BCUT2D eigenvalue weighted by atomic mass is 16.4. The average molecular weight is 286 g/mol. The fraction of sp³-hybridized carbons (Fsp3) is 0.500. The molecule has 1 aromatic carbocycles. The molecule has 0 aliphatic carbocycles. The molecular formula is C16H22N4O. The minimum Gasteiger partial charge on any atom is -0.419 e. The van der Waals surface area contributed by atoms with Crippen LogP contribution in [0.5, 0.6) is 0 Å². The molecular weight excluding hydrogens is 264 g/mol. The molecule has 2 heterocycles. The summed E-state index contributed by atoms with van der Waals surface area (Å²) in [5, 5.41) is 8.35. The summed E-state index contributed by atoms with van der Waals surface area (Å²) in [5.41, 5.74) is 6.68. The molecule has 0 spiro atoms. The molecule has 0 radical (unpaired) electrons. The third-order valence-electron chi connectivity index (χ3n) is 4.07. The number of rotatable bonds is 5. The number of nitrogens with zero attached hydrogens (tertiary/aromatic N) is 3. The van der Waals surface area contributed by atoms with E-state index in [4.69, 9.17) is 10.2 Å². The molecule has 1 aliphatic heterocycles. The summed E-state index contributed by atoms with van der Waals surface area (Å²) in [5.74, 6) is 1.29. The van der Waals surface area contributed by atoms with Crippen molar-refractivity contribution in [3.63, 3.8) is 0 Å². The van der Waals surface area contributed by atoms with E-state index in [0.717, 1.165) is 31.6 Å². The molecule has 2 aromatic rings. The van der Waals surface area contributed by atoms with E-state index >= 15 is 0 Å². The van der Waals surface area contributed by atoms with Crippen molar-refractivity contribution in [3.8, 4) is 11.5 Å². The van der Waals surface area contributed by atoms with Crippen LogP contribution < -0.4 is 5.73 Å². The molecule has 2 N–H and O–H groups in total. The molecule has 1 saturated heterocycles. The van der Waals surface area contributed by atoms with Crippen LogP contribution in [0.2, 0.25) is 0 Å². The van der Waals surface area contributed by atoms with Gasteiger partial charge in [-0.15, -0.1) is 10.2 Å². The first-order chi connectivity index (χ1) is 10.4. The maximum absolute atomic E-state index is 5.80. The molecule has 1 fully saturated rings. The summed E-state index contributed by atoms with van der Waals surface area (Å²) in [6, 6.07) is 10.4. The SMILES string of the molecule is NCCC1CCCCN1Cc1nnc(-c2ccccc2)o1. The lowest BCUT2D eigenvalue weighted by molar-refractivity contribution is 0.122. The third-order valence-corrected chi connectivity index (χ3v) is 4.07. The first-order valence-corrected chi connectivity index (χ1v) is 7.69. The Balaban J connectivity index is 1.69. The Morgan fingerprint density at radius 3 is 2.86 bits per heavy atom. The van der Waals surface area contributed by atoms with Gasteiger partial charge in [0.25, 0.3) is 0 Å². The number of aromatic nitrogens is 2. The van der Waals surface area contributed by atoms with Crippen LogP contribution >= 0.6 is 0 Å². The van der Waals surface area contributed by atoms with E-state index in [2.05, 4.69) is 15.1 Å². The molecule has 0 saturated carbocycles. The van der Waals surface area contributed by atoms with E-state index in [0.29, 0.717) is 17.8 Å². The van der Waals surface area contributed by atoms with Gasteiger partial charge in [0.15, 0.2) is 0 Å². The van der Waals surface area contributed by atoms with E-state index in [1.54, 1.807) is 0 Å². The van der Waals surface area contributed by atoms with E-state index in [9.17, 15) is 0 Å². The Labute approximate surface area is 125 Å². The second kappa shape index (κ2) is 6.83. The van der Waals surface area contributed by atoms with Gasteiger partial charge in [0.2, 0.25) is 11.8 Å². The molecule has 0 amide bonds. The van der Waals surface area contributed by atoms with Gasteiger partial charge in [-0.2, -0.15) is 0 Å². The minimum atomic E-state index is 0.552. The van der Waals surface area contributed by atoms with Crippen molar-refractivity contribution in [3.05, 3.63) is 36.2 Å². The van der Waals surface area contributed by atoms with Gasteiger partial charge in [0, 0.05) is 11.6 Å². The molecule has 1 aliphatic rings. The summed E-state index contributed by atoms with van der Waals surface area (Å²) in [6.07, 6.45) is 4.79. The monoisotopic (exact) mass is 286 g/mol. The summed E-state index contributed by atoms with van der Waals surface area (Å²) >= 11 is 0. The van der Waals surface area contributed by atoms with Gasteiger partial charge in [0.05, 0.1) is 6.54 Å². The fourth-order valence-electron chi connectivity index (χ4n) is 2.98. The highest BCUT2D eigenvalue weighted by molar-refractivity contribution is 5.51. The van der Waals surface area contributed by atoms with Gasteiger partial charge in [-0.05, 0) is 44.5 Å². The Morgan fingerprint density at radius 1 is 1.19 bits per heavy atom. The highest BCUT2D eigenvalue weighted by Crippen LogP contribution is 2.23. The van der Waals surface area contributed by atoms with Crippen LogP contribution in [0.1, 0.15) is 31.6 Å². The van der Waals surface area contributed by atoms with Crippen molar-refractivity contribution in [2.24, 2.45) is 5.73 Å². The predicted octanol–water partition coefficient (Wildman–Crippen LogP) is 2.44. The van der Waals surface area contributed by atoms with Crippen LogP contribution in [0.25, 0.3) is 11.5 Å². The van der Waals surface area contributed by atoms with E-state index < -0.39 is 0 Å². The maximum Gasteiger partial charge on any atom is 0.247 e. The van der Waals surface area contributed by atoms with Crippen LogP contribution in [0.3, 0.4) is 0 Å². The second-order valence-electron chi connectivity index (χ2n) is 5.56. The topological polar surface area (TPSA) is 68.2 Å². The normalized spacial score (nSPS) is 19.8. The molecule has 21 heavy (non-hydrogen) atoms. The zero-order chi connectivity index (χ0) is 14.5. The van der Waals surface area contributed by atoms with E-state index in [-0.39, 0.29) is 0 Å². The first kappa shape index (κ1) is 14.2. The van der Waals surface area contributed by atoms with Crippen molar-refractivity contribution in [2.45, 2.75) is 38.3 Å². The van der Waals surface area contributed by atoms with Crippen molar-refractivity contribution in [1.82, 2.24) is 15.1 Å². The number of benzene rings is 1. The number of likely N-dealkylation sites (tertiary alicyclic amines) is 1. The molecule has 1 aromatic heterocycles. The zero-order valence-corrected chi connectivity index (χ0v) is 12.2. The van der Waals surface area contributed by atoms with Gasteiger partial charge >= 0.3 is 0 Å². The Hall–Kier alpha value is -1.72. The first-order valence-electron chi connectivity index (χ1n) is 7.69. The quantitative estimate of drug-likeness (QED) is 0.914. The van der Waals surface area contributed by atoms with Crippen molar-refractivity contribution >= 4 is 0 Å². The van der Waals surface area contributed by atoms with Crippen LogP contribution in [-0.2, 0) is 6.54 Å². The maximum atomic E-state index is 5.80. The number of hydrogen-bond donors (Lipinski definition) is 1. The standard InChI is InChI=1S/C16H22N4O/c17-10-9-14-8-4-5-11-20(14)12-15-18-19-16(21-15)13-6-2-1-3-7-13/h1-3,6-7,14H,4-5,8-12,17H2. The second-order valence-corrected chi connectivity index (χ2v) is 5.56. The Morgan fingerprint density at radius 2 is 2.05 bits per heavy atom. The average Bonchev–Trinajstić information content (AvgIpc) is 2.99. The number of hydrogen-bond acceptors (Lipinski definition) is 5. The lowest BCUT2D eigenvalue weighted by Gasteiger charge is -2.34. The molecule has 3 rings (SSSR count).